The summed E-state index contributed by atoms with van der Waals surface area (Å²) in [5, 5.41) is 0. The molecule has 0 aliphatic carbocycles. The van der Waals surface area contributed by atoms with E-state index in [1.807, 2.05) is 84.9 Å². The number of hydrogen-bond acceptors (Lipinski definition) is 2. The van der Waals surface area contributed by atoms with Crippen LogP contribution >= 0.6 is 0 Å². The Morgan fingerprint density at radius 3 is 2.50 bits per heavy atom. The summed E-state index contributed by atoms with van der Waals surface area (Å²) in [6, 6.07) is 25.5. The van der Waals surface area contributed by atoms with Crippen molar-refractivity contribution in [3.8, 4) is 11.1 Å². The van der Waals surface area contributed by atoms with Crippen LogP contribution in [0, 0.1) is 0 Å². The van der Waals surface area contributed by atoms with E-state index in [0.717, 1.165) is 27.9 Å². The first-order valence-corrected chi connectivity index (χ1v) is 8.45. The van der Waals surface area contributed by atoms with Gasteiger partial charge in [0.15, 0.2) is 0 Å². The summed E-state index contributed by atoms with van der Waals surface area (Å²) < 4.78 is 5.41. The highest BCUT2D eigenvalue weighted by Gasteiger charge is 2.13. The van der Waals surface area contributed by atoms with Crippen molar-refractivity contribution in [1.82, 2.24) is 0 Å². The Labute approximate surface area is 154 Å². The van der Waals surface area contributed by atoms with Crippen molar-refractivity contribution in [1.29, 1.82) is 0 Å². The molecule has 130 valence electrons. The highest BCUT2D eigenvalue weighted by atomic mass is 16.6. The third-order valence-electron chi connectivity index (χ3n) is 4.20. The lowest BCUT2D eigenvalue weighted by atomic mass is 9.99. The summed E-state index contributed by atoms with van der Waals surface area (Å²) in [4.78, 5) is 13.9. The average molecular weight is 343 g/mol. The molecule has 0 saturated heterocycles. The van der Waals surface area contributed by atoms with Crippen LogP contribution in [0.2, 0.25) is 0 Å². The molecule has 0 spiro atoms. The van der Waals surface area contributed by atoms with E-state index in [-0.39, 0.29) is 12.7 Å². The Morgan fingerprint density at radius 2 is 1.73 bits per heavy atom. The monoisotopic (exact) mass is 343 g/mol. The minimum Gasteiger partial charge on any atom is -0.444 e. The van der Waals surface area contributed by atoms with Gasteiger partial charge in [0.1, 0.15) is 6.61 Å². The Balaban J connectivity index is 1.76. The normalized spacial score (nSPS) is 10.2. The van der Waals surface area contributed by atoms with Gasteiger partial charge < -0.3 is 4.74 Å². The number of amides is 1. The van der Waals surface area contributed by atoms with Crippen LogP contribution in [0.15, 0.2) is 85.4 Å². The maximum absolute atomic E-state index is 12.4. The summed E-state index contributed by atoms with van der Waals surface area (Å²) in [6.45, 7) is 4.12. The van der Waals surface area contributed by atoms with Gasteiger partial charge >= 0.3 is 6.09 Å². The Bertz CT molecular complexity index is 903. The maximum Gasteiger partial charge on any atom is 0.414 e. The molecule has 3 aromatic carbocycles. The van der Waals surface area contributed by atoms with E-state index in [1.54, 1.807) is 7.05 Å². The molecule has 0 fully saturated rings. The molecule has 3 heteroatoms. The second-order valence-corrected chi connectivity index (χ2v) is 5.94. The number of benzene rings is 3. The minimum absolute atomic E-state index is 0.253. The molecule has 0 unspecified atom stereocenters. The second-order valence-electron chi connectivity index (χ2n) is 5.94. The average Bonchev–Trinajstić information content (AvgIpc) is 2.72. The number of nitrogens with zero attached hydrogens (tertiary/aromatic N) is 1. The van der Waals surface area contributed by atoms with Gasteiger partial charge in [-0.2, -0.15) is 0 Å². The zero-order chi connectivity index (χ0) is 18.4. The molecule has 0 bridgehead atoms. The number of ether oxygens (including phenoxy) is 1. The minimum atomic E-state index is -0.386. The van der Waals surface area contributed by atoms with Gasteiger partial charge in [-0.05, 0) is 34.4 Å². The molecule has 3 rings (SSSR count). The van der Waals surface area contributed by atoms with Crippen molar-refractivity contribution in [2.24, 2.45) is 0 Å². The first kappa shape index (κ1) is 17.5. The Morgan fingerprint density at radius 1 is 1.00 bits per heavy atom. The highest BCUT2D eigenvalue weighted by molar-refractivity contribution is 5.88. The van der Waals surface area contributed by atoms with Crippen LogP contribution in [-0.4, -0.2) is 13.1 Å². The summed E-state index contributed by atoms with van der Waals surface area (Å²) in [6.07, 6.45) is 1.45. The number of hydrogen-bond donors (Lipinski definition) is 0. The third-order valence-corrected chi connectivity index (χ3v) is 4.20. The van der Waals surface area contributed by atoms with Crippen molar-refractivity contribution >= 4 is 17.9 Å². The van der Waals surface area contributed by atoms with E-state index in [4.69, 9.17) is 4.74 Å². The molecule has 3 aromatic rings. The standard InChI is InChI=1S/C23H21NO2/c1-3-19-12-7-8-15-22(19)20-13-9-14-21(16-20)24(2)23(25)26-17-18-10-5-4-6-11-18/h3-16H,1,17H2,2H3. The molecule has 0 aliphatic rings. The van der Waals surface area contributed by atoms with E-state index in [2.05, 4.69) is 6.58 Å². The van der Waals surface area contributed by atoms with E-state index in [9.17, 15) is 4.79 Å². The van der Waals surface area contributed by atoms with Crippen molar-refractivity contribution in [2.45, 2.75) is 6.61 Å². The molecule has 0 aromatic heterocycles. The SMILES string of the molecule is C=Cc1ccccc1-c1cccc(N(C)C(=O)OCc2ccccc2)c1. The summed E-state index contributed by atoms with van der Waals surface area (Å²) in [5.74, 6) is 0. The van der Waals surface area contributed by atoms with Crippen LogP contribution in [0.5, 0.6) is 0 Å². The van der Waals surface area contributed by atoms with Crippen LogP contribution in [-0.2, 0) is 11.3 Å². The van der Waals surface area contributed by atoms with Crippen LogP contribution in [0.25, 0.3) is 17.2 Å². The molecule has 26 heavy (non-hydrogen) atoms. The van der Waals surface area contributed by atoms with Gasteiger partial charge in [-0.1, -0.05) is 79.4 Å². The van der Waals surface area contributed by atoms with E-state index in [1.165, 1.54) is 4.90 Å². The lowest BCUT2D eigenvalue weighted by Crippen LogP contribution is -2.26. The van der Waals surface area contributed by atoms with Gasteiger partial charge in [-0.15, -0.1) is 0 Å². The van der Waals surface area contributed by atoms with Gasteiger partial charge in [0, 0.05) is 12.7 Å². The van der Waals surface area contributed by atoms with Crippen LogP contribution in [0.4, 0.5) is 10.5 Å². The Kier molecular flexibility index (Phi) is 5.49. The van der Waals surface area contributed by atoms with Crippen molar-refractivity contribution in [3.05, 3.63) is 96.6 Å². The fourth-order valence-electron chi connectivity index (χ4n) is 2.74. The molecule has 3 nitrogen and oxygen atoms in total. The molecule has 0 heterocycles. The van der Waals surface area contributed by atoms with Crippen molar-refractivity contribution in [2.75, 3.05) is 11.9 Å². The summed E-state index contributed by atoms with van der Waals surface area (Å²) >= 11 is 0. The summed E-state index contributed by atoms with van der Waals surface area (Å²) in [5.41, 5.74) is 4.90. The number of carbonyl (C=O) groups excluding carboxylic acids is 1. The second kappa shape index (κ2) is 8.17. The lowest BCUT2D eigenvalue weighted by Gasteiger charge is -2.18. The summed E-state index contributed by atoms with van der Waals surface area (Å²) in [7, 11) is 1.71. The zero-order valence-corrected chi connectivity index (χ0v) is 14.8. The van der Waals surface area contributed by atoms with Crippen LogP contribution in [0.3, 0.4) is 0 Å². The predicted molar refractivity (Wildman–Crippen MR) is 107 cm³/mol. The Hall–Kier alpha value is -3.33. The van der Waals surface area contributed by atoms with E-state index >= 15 is 0 Å². The van der Waals surface area contributed by atoms with E-state index < -0.39 is 0 Å². The third kappa shape index (κ3) is 4.01. The predicted octanol–water partition coefficient (Wildman–Crippen LogP) is 5.77. The number of rotatable bonds is 5. The number of carbonyl (C=O) groups is 1. The zero-order valence-electron chi connectivity index (χ0n) is 14.8. The molecule has 0 radical (unpaired) electrons. The molecule has 0 saturated carbocycles. The largest absolute Gasteiger partial charge is 0.444 e. The van der Waals surface area contributed by atoms with E-state index in [0.29, 0.717) is 0 Å². The van der Waals surface area contributed by atoms with Crippen molar-refractivity contribution in [3.63, 3.8) is 0 Å². The van der Waals surface area contributed by atoms with Gasteiger partial charge in [0.25, 0.3) is 0 Å². The smallest absolute Gasteiger partial charge is 0.414 e. The van der Waals surface area contributed by atoms with Gasteiger partial charge in [-0.3, -0.25) is 4.90 Å². The number of anilines is 1. The first-order chi connectivity index (χ1) is 12.7. The van der Waals surface area contributed by atoms with Gasteiger partial charge in [0.05, 0.1) is 0 Å². The fourth-order valence-corrected chi connectivity index (χ4v) is 2.74. The molecule has 0 atom stereocenters. The van der Waals surface area contributed by atoms with Gasteiger partial charge in [-0.25, -0.2) is 4.79 Å². The molecular formula is C23H21NO2. The highest BCUT2D eigenvalue weighted by Crippen LogP contribution is 2.28. The van der Waals surface area contributed by atoms with Gasteiger partial charge in [0.2, 0.25) is 0 Å². The maximum atomic E-state index is 12.4. The van der Waals surface area contributed by atoms with Crippen LogP contribution < -0.4 is 4.90 Å². The first-order valence-electron chi connectivity index (χ1n) is 8.45. The molecular weight excluding hydrogens is 322 g/mol. The van der Waals surface area contributed by atoms with Crippen molar-refractivity contribution < 1.29 is 9.53 Å². The lowest BCUT2D eigenvalue weighted by molar-refractivity contribution is 0.148. The molecule has 0 aliphatic heterocycles. The van der Waals surface area contributed by atoms with Crippen LogP contribution in [0.1, 0.15) is 11.1 Å². The quantitative estimate of drug-likeness (QED) is 0.588. The molecule has 1 amide bonds. The topological polar surface area (TPSA) is 29.5 Å². The fraction of sp³-hybridized carbons (Fsp3) is 0.0870. The molecule has 0 N–H and O–H groups in total.